The second-order valence-corrected chi connectivity index (χ2v) is 7.74. The first-order valence-corrected chi connectivity index (χ1v) is 9.02. The molecule has 0 aliphatic carbocycles. The smallest absolute Gasteiger partial charge is 0.217 e. The molecule has 0 radical (unpaired) electrons. The van der Waals surface area contributed by atoms with E-state index in [4.69, 9.17) is 0 Å². The monoisotopic (exact) mass is 294 g/mol. The molecule has 1 fully saturated rings. The number of nitrogens with zero attached hydrogens (tertiary/aromatic N) is 2. The van der Waals surface area contributed by atoms with Gasteiger partial charge in [0.25, 0.3) is 0 Å². The molecule has 0 aromatic heterocycles. The van der Waals surface area contributed by atoms with Gasteiger partial charge in [-0.05, 0) is 24.0 Å². The molecular weight excluding hydrogens is 272 g/mol. The van der Waals surface area contributed by atoms with Gasteiger partial charge in [-0.1, -0.05) is 37.6 Å². The van der Waals surface area contributed by atoms with Crippen molar-refractivity contribution in [3.8, 4) is 0 Å². The predicted octanol–water partition coefficient (Wildman–Crippen LogP) is 1.99. The Labute approximate surface area is 121 Å². The van der Waals surface area contributed by atoms with E-state index in [0.717, 1.165) is 25.8 Å². The average molecular weight is 294 g/mol. The van der Waals surface area contributed by atoms with Crippen LogP contribution in [0, 0.1) is 0 Å². The van der Waals surface area contributed by atoms with Gasteiger partial charge in [-0.15, -0.1) is 0 Å². The van der Waals surface area contributed by atoms with Crippen molar-refractivity contribution in [3.05, 3.63) is 35.4 Å². The Hall–Kier alpha value is -0.910. The quantitative estimate of drug-likeness (QED) is 0.856. The number of rotatable bonds is 3. The first-order chi connectivity index (χ1) is 9.62. The Morgan fingerprint density at radius 1 is 1.30 bits per heavy atom. The van der Waals surface area contributed by atoms with Crippen LogP contribution >= 0.6 is 0 Å². The van der Waals surface area contributed by atoms with Crippen LogP contribution < -0.4 is 0 Å². The van der Waals surface area contributed by atoms with Crippen LogP contribution in [0.1, 0.15) is 36.9 Å². The fourth-order valence-corrected chi connectivity index (χ4v) is 4.94. The molecule has 2 heterocycles. The minimum absolute atomic E-state index is 0.0443. The highest BCUT2D eigenvalue weighted by Crippen LogP contribution is 2.34. The maximum atomic E-state index is 12.5. The summed E-state index contributed by atoms with van der Waals surface area (Å²) in [5.41, 5.74) is 2.52. The second-order valence-electron chi connectivity index (χ2n) is 5.73. The van der Waals surface area contributed by atoms with Crippen LogP contribution in [0.2, 0.25) is 0 Å². The largest absolute Gasteiger partial charge is 0.281 e. The van der Waals surface area contributed by atoms with Gasteiger partial charge in [0.05, 0.1) is 18.5 Å². The molecule has 5 heteroatoms. The molecule has 2 aliphatic heterocycles. The molecule has 2 aliphatic rings. The van der Waals surface area contributed by atoms with E-state index < -0.39 is 10.0 Å². The fourth-order valence-electron chi connectivity index (χ4n) is 3.21. The van der Waals surface area contributed by atoms with E-state index >= 15 is 0 Å². The van der Waals surface area contributed by atoms with Crippen molar-refractivity contribution in [2.75, 3.05) is 25.5 Å². The highest BCUT2D eigenvalue weighted by atomic mass is 32.2. The Morgan fingerprint density at radius 2 is 2.10 bits per heavy atom. The van der Waals surface area contributed by atoms with E-state index in [2.05, 4.69) is 24.0 Å². The van der Waals surface area contributed by atoms with Gasteiger partial charge in [0.2, 0.25) is 10.0 Å². The van der Waals surface area contributed by atoms with Crippen molar-refractivity contribution < 1.29 is 8.42 Å². The molecule has 0 N–H and O–H groups in total. The Kier molecular flexibility index (Phi) is 3.84. The van der Waals surface area contributed by atoms with Crippen molar-refractivity contribution in [3.63, 3.8) is 0 Å². The summed E-state index contributed by atoms with van der Waals surface area (Å²) < 4.78 is 26.6. The van der Waals surface area contributed by atoms with Gasteiger partial charge in [0, 0.05) is 13.1 Å². The van der Waals surface area contributed by atoms with Gasteiger partial charge in [0.1, 0.15) is 0 Å². The maximum absolute atomic E-state index is 12.5. The van der Waals surface area contributed by atoms with Gasteiger partial charge in [0.15, 0.2) is 0 Å². The lowest BCUT2D eigenvalue weighted by Crippen LogP contribution is -2.54. The maximum Gasteiger partial charge on any atom is 0.217 e. The first kappa shape index (κ1) is 14.0. The average Bonchev–Trinajstić information content (AvgIpc) is 2.44. The van der Waals surface area contributed by atoms with E-state index in [-0.39, 0.29) is 11.8 Å². The third kappa shape index (κ3) is 2.50. The molecule has 0 amide bonds. The normalized spacial score (nSPS) is 25.9. The van der Waals surface area contributed by atoms with Crippen LogP contribution in [0.5, 0.6) is 0 Å². The Morgan fingerprint density at radius 3 is 2.90 bits per heavy atom. The zero-order valence-corrected chi connectivity index (χ0v) is 12.8. The summed E-state index contributed by atoms with van der Waals surface area (Å²) in [5, 5.41) is 0. The van der Waals surface area contributed by atoms with Crippen molar-refractivity contribution in [2.45, 2.75) is 32.2 Å². The molecule has 3 rings (SSSR count). The van der Waals surface area contributed by atoms with Gasteiger partial charge in [-0.2, -0.15) is 4.31 Å². The molecule has 0 saturated carbocycles. The predicted molar refractivity (Wildman–Crippen MR) is 79.9 cm³/mol. The summed E-state index contributed by atoms with van der Waals surface area (Å²) in [4.78, 5) is 2.32. The minimum Gasteiger partial charge on any atom is -0.281 e. The van der Waals surface area contributed by atoms with E-state index in [1.54, 1.807) is 4.31 Å². The highest BCUT2D eigenvalue weighted by molar-refractivity contribution is 7.89. The highest BCUT2D eigenvalue weighted by Gasteiger charge is 2.39. The van der Waals surface area contributed by atoms with E-state index in [9.17, 15) is 8.42 Å². The lowest BCUT2D eigenvalue weighted by Gasteiger charge is -2.44. The van der Waals surface area contributed by atoms with Crippen LogP contribution in [-0.4, -0.2) is 43.1 Å². The number of benzene rings is 1. The van der Waals surface area contributed by atoms with Crippen LogP contribution in [0.4, 0.5) is 0 Å². The number of unbranched alkanes of at least 4 members (excludes halogenated alkanes) is 1. The summed E-state index contributed by atoms with van der Waals surface area (Å²) >= 11 is 0. The van der Waals surface area contributed by atoms with Gasteiger partial charge in [-0.25, -0.2) is 8.42 Å². The van der Waals surface area contributed by atoms with Crippen molar-refractivity contribution in [1.29, 1.82) is 0 Å². The van der Waals surface area contributed by atoms with Crippen LogP contribution in [0.15, 0.2) is 24.3 Å². The van der Waals surface area contributed by atoms with Gasteiger partial charge in [-0.3, -0.25) is 4.90 Å². The summed E-state index contributed by atoms with van der Waals surface area (Å²) in [5.74, 6) is 0.230. The topological polar surface area (TPSA) is 40.6 Å². The summed E-state index contributed by atoms with van der Waals surface area (Å²) in [7, 11) is -3.12. The summed E-state index contributed by atoms with van der Waals surface area (Å²) in [6.45, 7) is 4.27. The SMILES string of the molecule is CCCCN1CN2CCc3ccccc3C2CS1(=O)=O. The molecule has 4 nitrogen and oxygen atoms in total. The zero-order chi connectivity index (χ0) is 14.2. The molecule has 1 aromatic carbocycles. The van der Waals surface area contributed by atoms with Crippen LogP contribution in [-0.2, 0) is 16.4 Å². The minimum atomic E-state index is -3.12. The first-order valence-electron chi connectivity index (χ1n) is 7.41. The second kappa shape index (κ2) is 5.47. The van der Waals surface area contributed by atoms with Crippen molar-refractivity contribution >= 4 is 10.0 Å². The molecule has 0 spiro atoms. The molecule has 0 bridgehead atoms. The molecule has 1 unspecified atom stereocenters. The Bertz CT molecular complexity index is 585. The Balaban J connectivity index is 1.86. The number of sulfonamides is 1. The molecule has 20 heavy (non-hydrogen) atoms. The molecule has 1 atom stereocenters. The van der Waals surface area contributed by atoms with E-state index in [0.29, 0.717) is 13.2 Å². The molecule has 1 aromatic rings. The van der Waals surface area contributed by atoms with E-state index in [1.807, 2.05) is 12.1 Å². The molecule has 1 saturated heterocycles. The standard InChI is InChI=1S/C15H22N2O2S/c1-2-3-9-17-12-16-10-8-13-6-4-5-7-14(13)15(16)11-20(17,18)19/h4-7,15H,2-3,8-12H2,1H3. The van der Waals surface area contributed by atoms with Gasteiger partial charge < -0.3 is 0 Å². The number of hydrogen-bond donors (Lipinski definition) is 0. The van der Waals surface area contributed by atoms with Gasteiger partial charge >= 0.3 is 0 Å². The van der Waals surface area contributed by atoms with Crippen molar-refractivity contribution in [2.24, 2.45) is 0 Å². The lowest BCUT2D eigenvalue weighted by atomic mass is 9.94. The van der Waals surface area contributed by atoms with Crippen molar-refractivity contribution in [1.82, 2.24) is 9.21 Å². The molecular formula is C15H22N2O2S. The van der Waals surface area contributed by atoms with E-state index in [1.165, 1.54) is 11.1 Å². The fraction of sp³-hybridized carbons (Fsp3) is 0.600. The third-order valence-corrected chi connectivity index (χ3v) is 6.21. The zero-order valence-electron chi connectivity index (χ0n) is 12.0. The van der Waals surface area contributed by atoms with Crippen LogP contribution in [0.3, 0.4) is 0 Å². The summed E-state index contributed by atoms with van der Waals surface area (Å²) in [6, 6.07) is 8.31. The lowest BCUT2D eigenvalue weighted by molar-refractivity contribution is 0.121. The van der Waals surface area contributed by atoms with Crippen LogP contribution in [0.25, 0.3) is 0 Å². The third-order valence-electron chi connectivity index (χ3n) is 4.39. The number of hydrogen-bond acceptors (Lipinski definition) is 3. The summed E-state index contributed by atoms with van der Waals surface area (Å²) in [6.07, 6.45) is 2.99. The number of fused-ring (bicyclic) bond motifs is 3. The molecule has 110 valence electrons.